The maximum Gasteiger partial charge on any atom is 0.233 e. The van der Waals surface area contributed by atoms with E-state index >= 15 is 0 Å². The lowest BCUT2D eigenvalue weighted by molar-refractivity contribution is -0.122. The molecule has 1 fully saturated rings. The van der Waals surface area contributed by atoms with Crippen molar-refractivity contribution in [1.82, 2.24) is 16.0 Å². The fourth-order valence-electron chi connectivity index (χ4n) is 1.41. The average Bonchev–Trinajstić information content (AvgIpc) is 3.04. The second-order valence-corrected chi connectivity index (χ2v) is 5.90. The molecular formula is C13H25N3O2. The van der Waals surface area contributed by atoms with E-state index in [1.54, 1.807) is 0 Å². The van der Waals surface area contributed by atoms with E-state index in [0.29, 0.717) is 32.0 Å². The van der Waals surface area contributed by atoms with E-state index in [1.165, 1.54) is 0 Å². The van der Waals surface area contributed by atoms with Crippen LogP contribution >= 0.6 is 0 Å². The molecule has 18 heavy (non-hydrogen) atoms. The van der Waals surface area contributed by atoms with E-state index in [0.717, 1.165) is 12.8 Å². The maximum absolute atomic E-state index is 11.4. The molecule has 104 valence electrons. The zero-order valence-corrected chi connectivity index (χ0v) is 11.6. The molecule has 1 saturated carbocycles. The van der Waals surface area contributed by atoms with Crippen molar-refractivity contribution in [1.29, 1.82) is 0 Å². The summed E-state index contributed by atoms with van der Waals surface area (Å²) in [5, 5.41) is 8.84. The van der Waals surface area contributed by atoms with E-state index in [2.05, 4.69) is 16.0 Å². The third-order valence-electron chi connectivity index (χ3n) is 2.62. The Labute approximate surface area is 109 Å². The summed E-state index contributed by atoms with van der Waals surface area (Å²) in [6, 6.07) is 0.420. The highest BCUT2D eigenvalue weighted by molar-refractivity contribution is 5.78. The predicted molar refractivity (Wildman–Crippen MR) is 71.2 cm³/mol. The predicted octanol–water partition coefficient (Wildman–Crippen LogP) is 0.550. The first-order chi connectivity index (χ1) is 8.37. The summed E-state index contributed by atoms with van der Waals surface area (Å²) < 4.78 is 0. The van der Waals surface area contributed by atoms with Gasteiger partial charge in [-0.25, -0.2) is 0 Å². The van der Waals surface area contributed by atoms with Crippen molar-refractivity contribution in [2.75, 3.05) is 13.1 Å². The van der Waals surface area contributed by atoms with Crippen LogP contribution in [0.15, 0.2) is 0 Å². The van der Waals surface area contributed by atoms with Crippen LogP contribution in [-0.4, -0.2) is 36.5 Å². The monoisotopic (exact) mass is 255 g/mol. The van der Waals surface area contributed by atoms with Gasteiger partial charge >= 0.3 is 0 Å². The van der Waals surface area contributed by atoms with Gasteiger partial charge < -0.3 is 16.0 Å². The first kappa shape index (κ1) is 15.0. The zero-order valence-electron chi connectivity index (χ0n) is 11.6. The highest BCUT2D eigenvalue weighted by Crippen LogP contribution is 2.18. The Morgan fingerprint density at radius 1 is 1.17 bits per heavy atom. The van der Waals surface area contributed by atoms with Gasteiger partial charge in [0.2, 0.25) is 11.8 Å². The summed E-state index contributed by atoms with van der Waals surface area (Å²) >= 11 is 0. The third kappa shape index (κ3) is 8.06. The molecule has 0 atom stereocenters. The Bertz CT molecular complexity index is 293. The Morgan fingerprint density at radius 3 is 2.39 bits per heavy atom. The minimum absolute atomic E-state index is 0.0208. The number of hydrogen-bond acceptors (Lipinski definition) is 3. The van der Waals surface area contributed by atoms with Gasteiger partial charge in [-0.05, 0) is 40.0 Å². The molecule has 1 rings (SSSR count). The van der Waals surface area contributed by atoms with Crippen molar-refractivity contribution in [3.05, 3.63) is 0 Å². The molecule has 5 heteroatoms. The van der Waals surface area contributed by atoms with Crippen molar-refractivity contribution >= 4 is 11.8 Å². The summed E-state index contributed by atoms with van der Waals surface area (Å²) in [7, 11) is 0. The molecule has 0 spiro atoms. The molecule has 0 bridgehead atoms. The molecule has 0 aliphatic heterocycles. The van der Waals surface area contributed by atoms with Crippen LogP contribution in [0, 0.1) is 0 Å². The van der Waals surface area contributed by atoms with Gasteiger partial charge in [0.05, 0.1) is 6.54 Å². The summed E-state index contributed by atoms with van der Waals surface area (Å²) in [4.78, 5) is 22.8. The molecule has 0 aromatic rings. The first-order valence-corrected chi connectivity index (χ1v) is 6.68. The second-order valence-electron chi connectivity index (χ2n) is 5.90. The normalized spacial score (nSPS) is 15.3. The lowest BCUT2D eigenvalue weighted by Gasteiger charge is -2.19. The van der Waals surface area contributed by atoms with E-state index in [9.17, 15) is 9.59 Å². The van der Waals surface area contributed by atoms with Crippen LogP contribution in [0.2, 0.25) is 0 Å². The molecule has 0 heterocycles. The Kier molecular flexibility index (Phi) is 5.59. The van der Waals surface area contributed by atoms with Crippen LogP contribution in [0.4, 0.5) is 0 Å². The topological polar surface area (TPSA) is 70.2 Å². The molecular weight excluding hydrogens is 230 g/mol. The molecule has 1 aliphatic rings. The van der Waals surface area contributed by atoms with Crippen molar-refractivity contribution in [3.8, 4) is 0 Å². The van der Waals surface area contributed by atoms with E-state index in [1.807, 2.05) is 20.8 Å². The van der Waals surface area contributed by atoms with Crippen LogP contribution < -0.4 is 16.0 Å². The lowest BCUT2D eigenvalue weighted by Crippen LogP contribution is -2.43. The number of hydrogen-bond donors (Lipinski definition) is 3. The van der Waals surface area contributed by atoms with Gasteiger partial charge in [-0.3, -0.25) is 9.59 Å². The fraction of sp³-hybridized carbons (Fsp3) is 0.846. The van der Waals surface area contributed by atoms with Crippen molar-refractivity contribution in [2.45, 2.75) is 58.0 Å². The first-order valence-electron chi connectivity index (χ1n) is 6.68. The van der Waals surface area contributed by atoms with E-state index < -0.39 is 0 Å². The number of nitrogens with one attached hydrogen (secondary N) is 3. The largest absolute Gasteiger partial charge is 0.355 e. The van der Waals surface area contributed by atoms with Gasteiger partial charge in [0.25, 0.3) is 0 Å². The highest BCUT2D eigenvalue weighted by Gasteiger charge is 2.22. The molecule has 0 aromatic carbocycles. The maximum atomic E-state index is 11.4. The summed E-state index contributed by atoms with van der Waals surface area (Å²) in [5.41, 5.74) is -0.0541. The van der Waals surface area contributed by atoms with Crippen molar-refractivity contribution in [3.63, 3.8) is 0 Å². The highest BCUT2D eigenvalue weighted by atomic mass is 16.2. The van der Waals surface area contributed by atoms with E-state index in [4.69, 9.17) is 0 Å². The summed E-state index contributed by atoms with van der Waals surface area (Å²) in [6.07, 6.45) is 3.41. The molecule has 0 radical (unpaired) electrons. The number of carbonyl (C=O) groups excluding carboxylic acids is 2. The Hall–Kier alpha value is -1.10. The number of rotatable bonds is 7. The minimum atomic E-state index is -0.0541. The molecule has 3 N–H and O–H groups in total. The molecule has 2 amide bonds. The molecule has 0 saturated heterocycles. The van der Waals surface area contributed by atoms with Crippen molar-refractivity contribution < 1.29 is 9.59 Å². The molecule has 1 aliphatic carbocycles. The number of carbonyl (C=O) groups is 2. The molecule has 0 unspecified atom stereocenters. The summed E-state index contributed by atoms with van der Waals surface area (Å²) in [5.74, 6) is 0.0760. The third-order valence-corrected chi connectivity index (χ3v) is 2.62. The Morgan fingerprint density at radius 2 is 1.83 bits per heavy atom. The standard InChI is InChI=1S/C13H25N3O2/c1-13(2,3)15-9-12(18)14-8-4-5-11(17)16-10-6-7-10/h10,15H,4-9H2,1-3H3,(H,14,18)(H,16,17). The van der Waals surface area contributed by atoms with Crippen molar-refractivity contribution in [2.24, 2.45) is 0 Å². The van der Waals surface area contributed by atoms with Gasteiger partial charge in [0.1, 0.15) is 0 Å². The average molecular weight is 255 g/mol. The van der Waals surface area contributed by atoms with Crippen LogP contribution in [0.5, 0.6) is 0 Å². The van der Waals surface area contributed by atoms with Crippen LogP contribution in [-0.2, 0) is 9.59 Å². The lowest BCUT2D eigenvalue weighted by atomic mass is 10.1. The Balaban J connectivity index is 1.96. The molecule has 0 aromatic heterocycles. The van der Waals surface area contributed by atoms with Gasteiger partial charge in [0.15, 0.2) is 0 Å². The SMILES string of the molecule is CC(C)(C)NCC(=O)NCCCC(=O)NC1CC1. The molecule has 5 nitrogen and oxygen atoms in total. The van der Waals surface area contributed by atoms with E-state index in [-0.39, 0.29) is 17.4 Å². The summed E-state index contributed by atoms with van der Waals surface area (Å²) in [6.45, 7) is 6.92. The van der Waals surface area contributed by atoms with Crippen LogP contribution in [0.25, 0.3) is 0 Å². The fourth-order valence-corrected chi connectivity index (χ4v) is 1.41. The number of amides is 2. The second kappa shape index (κ2) is 6.73. The van der Waals surface area contributed by atoms with Gasteiger partial charge in [-0.15, -0.1) is 0 Å². The van der Waals surface area contributed by atoms with Crippen LogP contribution in [0.1, 0.15) is 46.5 Å². The zero-order chi connectivity index (χ0) is 13.6. The quantitative estimate of drug-likeness (QED) is 0.582. The van der Waals surface area contributed by atoms with Gasteiger partial charge in [-0.2, -0.15) is 0 Å². The van der Waals surface area contributed by atoms with Gasteiger partial charge in [-0.1, -0.05) is 0 Å². The van der Waals surface area contributed by atoms with Gasteiger partial charge in [0, 0.05) is 24.5 Å². The smallest absolute Gasteiger partial charge is 0.233 e. The minimum Gasteiger partial charge on any atom is -0.355 e. The van der Waals surface area contributed by atoms with Crippen LogP contribution in [0.3, 0.4) is 0 Å².